The lowest BCUT2D eigenvalue weighted by Gasteiger charge is -2.29. The van der Waals surface area contributed by atoms with E-state index in [4.69, 9.17) is 27.9 Å². The van der Waals surface area contributed by atoms with Crippen LogP contribution in [-0.4, -0.2) is 35.9 Å². The van der Waals surface area contributed by atoms with Gasteiger partial charge in [-0.3, -0.25) is 9.59 Å². The molecule has 5 nitrogen and oxygen atoms in total. The van der Waals surface area contributed by atoms with Gasteiger partial charge in [-0.15, -0.1) is 0 Å². The standard InChI is InChI=1S/C24H29BrCl2N2O3/c1-6-28-23(31)15(2)29(13-17-19(26)8-7-9-20(17)27)22(30)14-32-21-11-10-16(12-18(21)25)24(3,4)5/h7-12,15H,6,13-14H2,1-5H3,(H,28,31)/t15-/m0/s1. The largest absolute Gasteiger partial charge is 0.483 e. The molecule has 0 aliphatic rings. The van der Waals surface area contributed by atoms with Crippen molar-refractivity contribution >= 4 is 50.9 Å². The third kappa shape index (κ3) is 6.87. The fraction of sp³-hybridized carbons (Fsp3) is 0.417. The molecule has 174 valence electrons. The van der Waals surface area contributed by atoms with Crippen LogP contribution in [0.4, 0.5) is 0 Å². The van der Waals surface area contributed by atoms with E-state index in [-0.39, 0.29) is 30.4 Å². The Kier molecular flexibility index (Phi) is 9.43. The minimum Gasteiger partial charge on any atom is -0.483 e. The summed E-state index contributed by atoms with van der Waals surface area (Å²) < 4.78 is 6.56. The van der Waals surface area contributed by atoms with Gasteiger partial charge in [-0.2, -0.15) is 0 Å². The summed E-state index contributed by atoms with van der Waals surface area (Å²) in [5.41, 5.74) is 1.71. The summed E-state index contributed by atoms with van der Waals surface area (Å²) in [6.45, 7) is 10.2. The van der Waals surface area contributed by atoms with Crippen LogP contribution in [-0.2, 0) is 21.5 Å². The molecular weight excluding hydrogens is 515 g/mol. The van der Waals surface area contributed by atoms with Crippen molar-refractivity contribution in [3.63, 3.8) is 0 Å². The number of amides is 2. The summed E-state index contributed by atoms with van der Waals surface area (Å²) in [4.78, 5) is 27.1. The molecule has 0 aliphatic carbocycles. The van der Waals surface area contributed by atoms with Crippen molar-refractivity contribution in [2.24, 2.45) is 0 Å². The summed E-state index contributed by atoms with van der Waals surface area (Å²) in [5.74, 6) is -0.0704. The highest BCUT2D eigenvalue weighted by atomic mass is 79.9. The molecule has 0 saturated carbocycles. The number of carbonyl (C=O) groups is 2. The maximum Gasteiger partial charge on any atom is 0.261 e. The molecule has 0 spiro atoms. The maximum absolute atomic E-state index is 13.2. The monoisotopic (exact) mass is 542 g/mol. The third-order valence-corrected chi connectivity index (χ3v) is 6.39. The number of carbonyl (C=O) groups excluding carboxylic acids is 2. The Balaban J connectivity index is 2.23. The molecule has 1 atom stereocenters. The molecule has 0 bridgehead atoms. The molecule has 2 aromatic rings. The van der Waals surface area contributed by atoms with Gasteiger partial charge in [-0.25, -0.2) is 0 Å². The molecule has 0 fully saturated rings. The Labute approximate surface area is 208 Å². The van der Waals surface area contributed by atoms with Crippen molar-refractivity contribution in [3.05, 3.63) is 62.0 Å². The van der Waals surface area contributed by atoms with Gasteiger partial charge in [-0.1, -0.05) is 56.1 Å². The summed E-state index contributed by atoms with van der Waals surface area (Å²) in [5, 5.41) is 3.61. The number of nitrogens with zero attached hydrogens (tertiary/aromatic N) is 1. The van der Waals surface area contributed by atoms with E-state index in [1.807, 2.05) is 25.1 Å². The van der Waals surface area contributed by atoms with Gasteiger partial charge in [0.05, 0.1) is 4.47 Å². The Morgan fingerprint density at radius 1 is 1.16 bits per heavy atom. The summed E-state index contributed by atoms with van der Waals surface area (Å²) >= 11 is 16.1. The highest BCUT2D eigenvalue weighted by molar-refractivity contribution is 9.10. The first-order chi connectivity index (χ1) is 15.0. The van der Waals surface area contributed by atoms with Crippen LogP contribution in [0.2, 0.25) is 10.0 Å². The number of hydrogen-bond donors (Lipinski definition) is 1. The van der Waals surface area contributed by atoms with E-state index in [9.17, 15) is 9.59 Å². The van der Waals surface area contributed by atoms with Gasteiger partial charge < -0.3 is 15.0 Å². The number of ether oxygens (including phenoxy) is 1. The molecule has 0 radical (unpaired) electrons. The Morgan fingerprint density at radius 2 is 1.78 bits per heavy atom. The topological polar surface area (TPSA) is 58.6 Å². The summed E-state index contributed by atoms with van der Waals surface area (Å²) in [7, 11) is 0. The lowest BCUT2D eigenvalue weighted by Crippen LogP contribution is -2.49. The highest BCUT2D eigenvalue weighted by Gasteiger charge is 2.28. The van der Waals surface area contributed by atoms with Gasteiger partial charge in [0.2, 0.25) is 5.91 Å². The van der Waals surface area contributed by atoms with E-state index in [0.717, 1.165) is 10.0 Å². The Morgan fingerprint density at radius 3 is 2.31 bits per heavy atom. The molecule has 2 amide bonds. The molecule has 32 heavy (non-hydrogen) atoms. The Bertz CT molecular complexity index is 956. The molecule has 0 heterocycles. The van der Waals surface area contributed by atoms with Crippen LogP contribution >= 0.6 is 39.1 Å². The van der Waals surface area contributed by atoms with Gasteiger partial charge in [0.15, 0.2) is 6.61 Å². The van der Waals surface area contributed by atoms with E-state index in [1.165, 1.54) is 4.90 Å². The lowest BCUT2D eigenvalue weighted by atomic mass is 9.87. The van der Waals surface area contributed by atoms with Crippen LogP contribution in [0.3, 0.4) is 0 Å². The SMILES string of the molecule is CCNC(=O)[C@H](C)N(Cc1c(Cl)cccc1Cl)C(=O)COc1ccc(C(C)(C)C)cc1Br. The van der Waals surface area contributed by atoms with Gasteiger partial charge >= 0.3 is 0 Å². The highest BCUT2D eigenvalue weighted by Crippen LogP contribution is 2.32. The van der Waals surface area contributed by atoms with Crippen LogP contribution in [0.1, 0.15) is 45.7 Å². The van der Waals surface area contributed by atoms with E-state index in [0.29, 0.717) is 27.9 Å². The van der Waals surface area contributed by atoms with Crippen LogP contribution in [0.25, 0.3) is 0 Å². The Hall–Kier alpha value is -1.76. The normalized spacial score (nSPS) is 12.2. The van der Waals surface area contributed by atoms with Crippen molar-refractivity contribution < 1.29 is 14.3 Å². The van der Waals surface area contributed by atoms with Crippen LogP contribution < -0.4 is 10.1 Å². The third-order valence-electron chi connectivity index (χ3n) is 5.06. The zero-order valence-electron chi connectivity index (χ0n) is 19.0. The summed E-state index contributed by atoms with van der Waals surface area (Å²) in [6.07, 6.45) is 0. The van der Waals surface area contributed by atoms with E-state index < -0.39 is 6.04 Å². The second-order valence-electron chi connectivity index (χ2n) is 8.48. The van der Waals surface area contributed by atoms with Crippen molar-refractivity contribution in [1.82, 2.24) is 10.2 Å². The lowest BCUT2D eigenvalue weighted by molar-refractivity contribution is -0.142. The molecule has 0 aromatic heterocycles. The van der Waals surface area contributed by atoms with Gasteiger partial charge in [-0.05, 0) is 65.0 Å². The van der Waals surface area contributed by atoms with Crippen molar-refractivity contribution in [1.29, 1.82) is 0 Å². The van der Waals surface area contributed by atoms with Crippen LogP contribution in [0.5, 0.6) is 5.75 Å². The zero-order valence-corrected chi connectivity index (χ0v) is 22.1. The first-order valence-corrected chi connectivity index (χ1v) is 11.9. The first kappa shape index (κ1) is 26.5. The number of nitrogens with one attached hydrogen (secondary N) is 1. The van der Waals surface area contributed by atoms with Gasteiger partial charge in [0.1, 0.15) is 11.8 Å². The molecule has 1 N–H and O–H groups in total. The second-order valence-corrected chi connectivity index (χ2v) is 10.1. The minimum absolute atomic E-state index is 0.00996. The van der Waals surface area contributed by atoms with Crippen LogP contribution in [0, 0.1) is 0 Å². The smallest absolute Gasteiger partial charge is 0.261 e. The molecule has 0 saturated heterocycles. The van der Waals surface area contributed by atoms with E-state index in [2.05, 4.69) is 42.0 Å². The zero-order chi connectivity index (χ0) is 24.1. The molecule has 0 aliphatic heterocycles. The predicted molar refractivity (Wildman–Crippen MR) is 133 cm³/mol. The number of hydrogen-bond acceptors (Lipinski definition) is 3. The number of benzene rings is 2. The van der Waals surface area contributed by atoms with Crippen molar-refractivity contribution in [2.45, 2.75) is 52.6 Å². The molecule has 8 heteroatoms. The van der Waals surface area contributed by atoms with Crippen molar-refractivity contribution in [2.75, 3.05) is 13.2 Å². The first-order valence-electron chi connectivity index (χ1n) is 10.4. The van der Waals surface area contributed by atoms with Gasteiger partial charge in [0.25, 0.3) is 5.91 Å². The predicted octanol–water partition coefficient (Wildman–Crippen LogP) is 5.99. The number of halogens is 3. The minimum atomic E-state index is -0.731. The summed E-state index contributed by atoms with van der Waals surface area (Å²) in [6, 6.07) is 10.2. The molecule has 2 aromatic carbocycles. The average molecular weight is 544 g/mol. The van der Waals surface area contributed by atoms with Crippen molar-refractivity contribution in [3.8, 4) is 5.75 Å². The van der Waals surface area contributed by atoms with Crippen LogP contribution in [0.15, 0.2) is 40.9 Å². The molecule has 2 rings (SSSR count). The number of likely N-dealkylation sites (N-methyl/N-ethyl adjacent to an activating group) is 1. The fourth-order valence-electron chi connectivity index (χ4n) is 3.07. The maximum atomic E-state index is 13.2. The van der Waals surface area contributed by atoms with E-state index in [1.54, 1.807) is 25.1 Å². The fourth-order valence-corrected chi connectivity index (χ4v) is 4.08. The quantitative estimate of drug-likeness (QED) is 0.445. The van der Waals surface area contributed by atoms with Gasteiger partial charge in [0, 0.05) is 28.7 Å². The van der Waals surface area contributed by atoms with E-state index >= 15 is 0 Å². The second kappa shape index (κ2) is 11.4. The molecule has 0 unspecified atom stereocenters. The average Bonchev–Trinajstić information content (AvgIpc) is 2.71. The molecular formula is C24H29BrCl2N2O3. The number of rotatable bonds is 8.